The molecule has 0 aliphatic carbocycles. The number of hydrogen-bond acceptors (Lipinski definition) is 5. The van der Waals surface area contributed by atoms with Crippen LogP contribution in [0.4, 0.5) is 0 Å². The van der Waals surface area contributed by atoms with E-state index in [0.717, 1.165) is 0 Å². The average molecular weight is 342 g/mol. The van der Waals surface area contributed by atoms with E-state index in [0.29, 0.717) is 18.8 Å². The highest BCUT2D eigenvalue weighted by Crippen LogP contribution is 2.15. The molecule has 1 aromatic carbocycles. The van der Waals surface area contributed by atoms with Crippen molar-refractivity contribution in [1.29, 1.82) is 0 Å². The van der Waals surface area contributed by atoms with E-state index in [-0.39, 0.29) is 23.3 Å². The standard InChI is InChI=1S/C15H22N2O5S/c1-4-11(3)15(19)16-10-14(18)17-23(20,21)13-8-6-12(7-9-13)22-5-2/h6-9,11H,4-5,10H2,1-3H3,(H,16,19)(H,17,18). The molecule has 0 bridgehead atoms. The Bertz CT molecular complexity index is 640. The van der Waals surface area contributed by atoms with Gasteiger partial charge < -0.3 is 10.1 Å². The summed E-state index contributed by atoms with van der Waals surface area (Å²) in [7, 11) is -3.97. The summed E-state index contributed by atoms with van der Waals surface area (Å²) in [5.41, 5.74) is 0. The number of amides is 2. The summed E-state index contributed by atoms with van der Waals surface area (Å²) in [6.45, 7) is 5.47. The topological polar surface area (TPSA) is 102 Å². The molecule has 0 aromatic heterocycles. The molecule has 0 spiro atoms. The Morgan fingerprint density at radius 3 is 2.30 bits per heavy atom. The van der Waals surface area contributed by atoms with Gasteiger partial charge in [-0.3, -0.25) is 9.59 Å². The zero-order valence-electron chi connectivity index (χ0n) is 13.5. The van der Waals surface area contributed by atoms with E-state index in [1.165, 1.54) is 24.3 Å². The third-order valence-corrected chi connectivity index (χ3v) is 4.57. The van der Waals surface area contributed by atoms with Crippen LogP contribution >= 0.6 is 0 Å². The van der Waals surface area contributed by atoms with Crippen LogP contribution in [0.5, 0.6) is 5.75 Å². The van der Waals surface area contributed by atoms with Gasteiger partial charge in [-0.05, 0) is 37.6 Å². The summed E-state index contributed by atoms with van der Waals surface area (Å²) >= 11 is 0. The predicted octanol–water partition coefficient (Wildman–Crippen LogP) is 1.05. The van der Waals surface area contributed by atoms with Crippen LogP contribution in [0, 0.1) is 5.92 Å². The minimum absolute atomic E-state index is 0.0532. The SMILES string of the molecule is CCOc1ccc(S(=O)(=O)NC(=O)CNC(=O)C(C)CC)cc1. The molecule has 1 unspecified atom stereocenters. The second-order valence-corrected chi connectivity index (χ2v) is 6.64. The highest BCUT2D eigenvalue weighted by Gasteiger charge is 2.19. The smallest absolute Gasteiger partial charge is 0.264 e. The lowest BCUT2D eigenvalue weighted by molar-refractivity contribution is -0.127. The maximum Gasteiger partial charge on any atom is 0.264 e. The van der Waals surface area contributed by atoms with Crippen LogP contribution in [0.3, 0.4) is 0 Å². The molecule has 1 aromatic rings. The number of carbonyl (C=O) groups excluding carboxylic acids is 2. The zero-order valence-corrected chi connectivity index (χ0v) is 14.3. The van der Waals surface area contributed by atoms with E-state index in [1.54, 1.807) is 6.92 Å². The Kier molecular flexibility index (Phi) is 7.02. The first kappa shape index (κ1) is 19.0. The summed E-state index contributed by atoms with van der Waals surface area (Å²) in [6.07, 6.45) is 0.637. The van der Waals surface area contributed by atoms with E-state index < -0.39 is 15.9 Å². The molecule has 2 N–H and O–H groups in total. The first-order chi connectivity index (χ1) is 10.8. The van der Waals surface area contributed by atoms with Gasteiger partial charge in [0.2, 0.25) is 5.91 Å². The van der Waals surface area contributed by atoms with Gasteiger partial charge >= 0.3 is 0 Å². The van der Waals surface area contributed by atoms with Gasteiger partial charge in [-0.1, -0.05) is 13.8 Å². The largest absolute Gasteiger partial charge is 0.494 e. The monoisotopic (exact) mass is 342 g/mol. The molecule has 0 fully saturated rings. The van der Waals surface area contributed by atoms with Gasteiger partial charge in [0.25, 0.3) is 15.9 Å². The summed E-state index contributed by atoms with van der Waals surface area (Å²) < 4.78 is 31.3. The third-order valence-electron chi connectivity index (χ3n) is 3.18. The highest BCUT2D eigenvalue weighted by atomic mass is 32.2. The molecule has 2 amide bonds. The fraction of sp³-hybridized carbons (Fsp3) is 0.467. The van der Waals surface area contributed by atoms with Crippen molar-refractivity contribution in [3.63, 3.8) is 0 Å². The maximum atomic E-state index is 12.1. The summed E-state index contributed by atoms with van der Waals surface area (Å²) in [6, 6.07) is 5.71. The average Bonchev–Trinajstić information content (AvgIpc) is 2.52. The second kappa shape index (κ2) is 8.52. The molecule has 1 rings (SSSR count). The van der Waals surface area contributed by atoms with Crippen molar-refractivity contribution >= 4 is 21.8 Å². The fourth-order valence-corrected chi connectivity index (χ4v) is 2.64. The maximum absolute atomic E-state index is 12.1. The molecule has 23 heavy (non-hydrogen) atoms. The van der Waals surface area contributed by atoms with E-state index in [4.69, 9.17) is 4.74 Å². The zero-order chi connectivity index (χ0) is 17.5. The Balaban J connectivity index is 2.63. The van der Waals surface area contributed by atoms with Crippen LogP contribution in [0.25, 0.3) is 0 Å². The van der Waals surface area contributed by atoms with Crippen LogP contribution < -0.4 is 14.8 Å². The molecule has 8 heteroatoms. The van der Waals surface area contributed by atoms with Gasteiger partial charge in [-0.2, -0.15) is 0 Å². The molecule has 1 atom stereocenters. The van der Waals surface area contributed by atoms with Crippen molar-refractivity contribution in [2.75, 3.05) is 13.2 Å². The van der Waals surface area contributed by atoms with Gasteiger partial charge in [-0.25, -0.2) is 13.1 Å². The second-order valence-electron chi connectivity index (χ2n) is 4.96. The van der Waals surface area contributed by atoms with E-state index in [9.17, 15) is 18.0 Å². The van der Waals surface area contributed by atoms with E-state index >= 15 is 0 Å². The molecule has 7 nitrogen and oxygen atoms in total. The van der Waals surface area contributed by atoms with Crippen molar-refractivity contribution in [1.82, 2.24) is 10.0 Å². The van der Waals surface area contributed by atoms with Gasteiger partial charge in [0.15, 0.2) is 0 Å². The van der Waals surface area contributed by atoms with Gasteiger partial charge in [-0.15, -0.1) is 0 Å². The highest BCUT2D eigenvalue weighted by molar-refractivity contribution is 7.90. The van der Waals surface area contributed by atoms with Gasteiger partial charge in [0.05, 0.1) is 18.0 Å². The van der Waals surface area contributed by atoms with Crippen molar-refractivity contribution < 1.29 is 22.7 Å². The van der Waals surface area contributed by atoms with Crippen LogP contribution in [0.2, 0.25) is 0 Å². The first-order valence-corrected chi connectivity index (χ1v) is 8.84. The molecule has 0 saturated carbocycles. The lowest BCUT2D eigenvalue weighted by Gasteiger charge is -2.11. The number of rotatable bonds is 8. The number of hydrogen-bond donors (Lipinski definition) is 2. The normalized spacial score (nSPS) is 12.3. The number of nitrogens with one attached hydrogen (secondary N) is 2. The van der Waals surface area contributed by atoms with Gasteiger partial charge in [0.1, 0.15) is 5.75 Å². The van der Waals surface area contributed by atoms with Gasteiger partial charge in [0, 0.05) is 5.92 Å². The third kappa shape index (κ3) is 5.90. The minimum Gasteiger partial charge on any atom is -0.494 e. The lowest BCUT2D eigenvalue weighted by Crippen LogP contribution is -2.41. The van der Waals surface area contributed by atoms with E-state index in [2.05, 4.69) is 5.32 Å². The number of benzene rings is 1. The van der Waals surface area contributed by atoms with Crippen molar-refractivity contribution in [2.24, 2.45) is 5.92 Å². The van der Waals surface area contributed by atoms with E-state index in [1.807, 2.05) is 18.6 Å². The molecule has 0 aliphatic heterocycles. The summed E-state index contributed by atoms with van der Waals surface area (Å²) in [4.78, 5) is 23.2. The predicted molar refractivity (Wildman–Crippen MR) is 85.4 cm³/mol. The van der Waals surface area contributed by atoms with Crippen LogP contribution in [0.15, 0.2) is 29.2 Å². The van der Waals surface area contributed by atoms with Crippen molar-refractivity contribution in [3.8, 4) is 5.75 Å². The number of ether oxygens (including phenoxy) is 1. The van der Waals surface area contributed by atoms with Crippen LogP contribution in [-0.4, -0.2) is 33.4 Å². The molecule has 0 radical (unpaired) electrons. The Morgan fingerprint density at radius 1 is 1.17 bits per heavy atom. The summed E-state index contributed by atoms with van der Waals surface area (Å²) in [5.74, 6) is -0.777. The Morgan fingerprint density at radius 2 is 1.78 bits per heavy atom. The molecule has 0 saturated heterocycles. The molecular weight excluding hydrogens is 320 g/mol. The van der Waals surface area contributed by atoms with Crippen molar-refractivity contribution in [2.45, 2.75) is 32.1 Å². The molecule has 0 heterocycles. The molecule has 128 valence electrons. The number of carbonyl (C=O) groups is 2. The summed E-state index contributed by atoms with van der Waals surface area (Å²) in [5, 5.41) is 2.40. The first-order valence-electron chi connectivity index (χ1n) is 7.36. The molecular formula is C15H22N2O5S. The number of sulfonamides is 1. The Hall–Kier alpha value is -2.09. The Labute approximate surface area is 136 Å². The minimum atomic E-state index is -3.97. The van der Waals surface area contributed by atoms with Crippen molar-refractivity contribution in [3.05, 3.63) is 24.3 Å². The fourth-order valence-electron chi connectivity index (χ4n) is 1.65. The van der Waals surface area contributed by atoms with Crippen LogP contribution in [-0.2, 0) is 19.6 Å². The molecule has 0 aliphatic rings. The van der Waals surface area contributed by atoms with Crippen LogP contribution in [0.1, 0.15) is 27.2 Å². The lowest BCUT2D eigenvalue weighted by atomic mass is 10.1. The quantitative estimate of drug-likeness (QED) is 0.735.